The van der Waals surface area contributed by atoms with Gasteiger partial charge in [0.2, 0.25) is 11.8 Å². The highest BCUT2D eigenvalue weighted by molar-refractivity contribution is 6.30. The van der Waals surface area contributed by atoms with E-state index in [0.717, 1.165) is 29.7 Å². The Bertz CT molecular complexity index is 1110. The first-order valence-corrected chi connectivity index (χ1v) is 12.8. The zero-order valence-electron chi connectivity index (χ0n) is 20.5. The summed E-state index contributed by atoms with van der Waals surface area (Å²) in [5.41, 5.74) is 1.65. The van der Waals surface area contributed by atoms with E-state index in [2.05, 4.69) is 19.2 Å². The van der Waals surface area contributed by atoms with Gasteiger partial charge in [-0.3, -0.25) is 9.59 Å². The van der Waals surface area contributed by atoms with Gasteiger partial charge in [-0.1, -0.05) is 41.9 Å². The predicted octanol–water partition coefficient (Wildman–Crippen LogP) is 4.55. The minimum absolute atomic E-state index is 0.0269. The maximum atomic E-state index is 13.6. The van der Waals surface area contributed by atoms with Gasteiger partial charge in [0.1, 0.15) is 17.4 Å². The molecule has 35 heavy (non-hydrogen) atoms. The van der Waals surface area contributed by atoms with Crippen LogP contribution in [-0.2, 0) is 20.7 Å². The van der Waals surface area contributed by atoms with E-state index in [1.807, 2.05) is 53.4 Å². The molecule has 0 aliphatic carbocycles. The molecule has 7 heteroatoms. The average molecular weight is 497 g/mol. The second kappa shape index (κ2) is 9.47. The number of likely N-dealkylation sites (tertiary alicyclic amines) is 1. The number of piperidine rings is 1. The Morgan fingerprint density at radius 1 is 1.20 bits per heavy atom. The van der Waals surface area contributed by atoms with Gasteiger partial charge < -0.3 is 19.7 Å². The summed E-state index contributed by atoms with van der Waals surface area (Å²) in [7, 11) is 0. The lowest BCUT2D eigenvalue weighted by Crippen LogP contribution is -2.58. The Balaban J connectivity index is 1.33. The second-order valence-corrected chi connectivity index (χ2v) is 11.0. The van der Waals surface area contributed by atoms with Crippen molar-refractivity contribution in [3.05, 3.63) is 64.7 Å². The Hall–Kier alpha value is -2.57. The number of halogens is 1. The Morgan fingerprint density at radius 2 is 1.97 bits per heavy atom. The first-order chi connectivity index (χ1) is 16.7. The Kier molecular flexibility index (Phi) is 6.53. The molecule has 5 atom stereocenters. The first kappa shape index (κ1) is 24.1. The number of nitrogens with zero attached hydrogens (tertiary/aromatic N) is 1. The molecule has 3 aliphatic rings. The zero-order valence-corrected chi connectivity index (χ0v) is 21.3. The number of benzene rings is 2. The van der Waals surface area contributed by atoms with E-state index < -0.39 is 11.6 Å². The Morgan fingerprint density at radius 3 is 2.71 bits per heavy atom. The standard InChI is InChI=1S/C28H33ClN2O4/c1-17(32)30-23(13-18-7-5-4-6-8-18)27(33)31-12-11-24-19(16-31)14-22-26(34-24)21-15-20(29)9-10-25(21)35-28(22,2)3/h4-10,15,19,22-24,26H,11-14,16H2,1-3H3,(H,30,32)/t19-,22+,23-,24+,26-/m1/s1. The van der Waals surface area contributed by atoms with Gasteiger partial charge in [-0.15, -0.1) is 0 Å². The molecule has 2 aromatic carbocycles. The molecule has 0 unspecified atom stereocenters. The van der Waals surface area contributed by atoms with Crippen LogP contribution in [0.3, 0.4) is 0 Å². The summed E-state index contributed by atoms with van der Waals surface area (Å²) in [4.78, 5) is 27.4. The molecule has 0 radical (unpaired) electrons. The lowest BCUT2D eigenvalue weighted by molar-refractivity contribution is -0.189. The molecular weight excluding hydrogens is 464 g/mol. The molecule has 3 aliphatic heterocycles. The summed E-state index contributed by atoms with van der Waals surface area (Å²) in [5, 5.41) is 3.56. The van der Waals surface area contributed by atoms with Gasteiger partial charge in [-0.2, -0.15) is 0 Å². The number of hydrogen-bond acceptors (Lipinski definition) is 4. The van der Waals surface area contributed by atoms with Crippen LogP contribution in [0, 0.1) is 11.8 Å². The molecule has 5 rings (SSSR count). The van der Waals surface area contributed by atoms with Crippen LogP contribution in [0.4, 0.5) is 0 Å². The molecule has 0 bridgehead atoms. The van der Waals surface area contributed by atoms with Crippen LogP contribution in [0.5, 0.6) is 5.75 Å². The van der Waals surface area contributed by atoms with Gasteiger partial charge in [-0.25, -0.2) is 0 Å². The van der Waals surface area contributed by atoms with Crippen molar-refractivity contribution in [3.8, 4) is 5.75 Å². The fourth-order valence-corrected chi connectivity index (χ4v) is 6.18. The van der Waals surface area contributed by atoms with Gasteiger partial charge in [0.15, 0.2) is 0 Å². The fraction of sp³-hybridized carbons (Fsp3) is 0.500. The van der Waals surface area contributed by atoms with Crippen molar-refractivity contribution in [1.82, 2.24) is 10.2 Å². The molecule has 0 saturated carbocycles. The zero-order chi connectivity index (χ0) is 24.7. The number of carbonyl (C=O) groups excluding carboxylic acids is 2. The molecule has 186 valence electrons. The molecule has 2 fully saturated rings. The number of nitrogens with one attached hydrogen (secondary N) is 1. The predicted molar refractivity (Wildman–Crippen MR) is 134 cm³/mol. The molecule has 3 heterocycles. The molecule has 0 aromatic heterocycles. The van der Waals surface area contributed by atoms with Crippen molar-refractivity contribution in [1.29, 1.82) is 0 Å². The van der Waals surface area contributed by atoms with E-state index in [1.54, 1.807) is 0 Å². The van der Waals surface area contributed by atoms with Crippen molar-refractivity contribution >= 4 is 23.4 Å². The third-order valence-electron chi connectivity index (χ3n) is 7.72. The van der Waals surface area contributed by atoms with E-state index in [0.29, 0.717) is 24.5 Å². The maximum absolute atomic E-state index is 13.6. The van der Waals surface area contributed by atoms with Crippen LogP contribution in [0.15, 0.2) is 48.5 Å². The third kappa shape index (κ3) is 4.91. The van der Waals surface area contributed by atoms with Crippen molar-refractivity contribution in [2.24, 2.45) is 11.8 Å². The minimum Gasteiger partial charge on any atom is -0.487 e. The van der Waals surface area contributed by atoms with Crippen LogP contribution in [0.1, 0.15) is 50.8 Å². The van der Waals surface area contributed by atoms with Crippen LogP contribution < -0.4 is 10.1 Å². The molecule has 2 amide bonds. The number of hydrogen-bond donors (Lipinski definition) is 1. The summed E-state index contributed by atoms with van der Waals surface area (Å²) >= 11 is 6.31. The highest BCUT2D eigenvalue weighted by Gasteiger charge is 2.51. The SMILES string of the molecule is CC(=O)N[C@H](Cc1ccccc1)C(=O)N1CC[C@@H]2O[C@@H]3c4cc(Cl)ccc4OC(C)(C)[C@H]3C[C@@H]2C1. The van der Waals surface area contributed by atoms with Crippen LogP contribution in [0.2, 0.25) is 5.02 Å². The molecule has 1 N–H and O–H groups in total. The highest BCUT2D eigenvalue weighted by Crippen LogP contribution is 2.53. The molecule has 0 spiro atoms. The summed E-state index contributed by atoms with van der Waals surface area (Å²) < 4.78 is 13.1. The lowest BCUT2D eigenvalue weighted by atomic mass is 9.70. The minimum atomic E-state index is -0.577. The number of rotatable bonds is 4. The first-order valence-electron chi connectivity index (χ1n) is 12.4. The summed E-state index contributed by atoms with van der Waals surface area (Å²) in [6, 6.07) is 15.0. The summed E-state index contributed by atoms with van der Waals surface area (Å²) in [6.45, 7) is 6.93. The van der Waals surface area contributed by atoms with E-state index in [4.69, 9.17) is 21.1 Å². The molecular formula is C28H33ClN2O4. The highest BCUT2D eigenvalue weighted by atomic mass is 35.5. The average Bonchev–Trinajstić information content (AvgIpc) is 2.83. The summed E-state index contributed by atoms with van der Waals surface area (Å²) in [6.07, 6.45) is 2.16. The van der Waals surface area contributed by atoms with Crippen LogP contribution >= 0.6 is 11.6 Å². The second-order valence-electron chi connectivity index (χ2n) is 10.6. The van der Waals surface area contributed by atoms with E-state index in [9.17, 15) is 9.59 Å². The van der Waals surface area contributed by atoms with E-state index in [-0.39, 0.29) is 35.9 Å². The van der Waals surface area contributed by atoms with Gasteiger partial charge in [-0.05, 0) is 50.5 Å². The lowest BCUT2D eigenvalue weighted by Gasteiger charge is -2.53. The third-order valence-corrected chi connectivity index (χ3v) is 7.96. The van der Waals surface area contributed by atoms with Crippen molar-refractivity contribution in [3.63, 3.8) is 0 Å². The number of amides is 2. The largest absolute Gasteiger partial charge is 0.487 e. The fourth-order valence-electron chi connectivity index (χ4n) is 6.00. The van der Waals surface area contributed by atoms with Gasteiger partial charge in [0.25, 0.3) is 0 Å². The van der Waals surface area contributed by atoms with Gasteiger partial charge in [0.05, 0.1) is 12.2 Å². The van der Waals surface area contributed by atoms with Crippen molar-refractivity contribution < 1.29 is 19.1 Å². The van der Waals surface area contributed by atoms with Crippen LogP contribution in [0.25, 0.3) is 0 Å². The monoisotopic (exact) mass is 496 g/mol. The number of carbonyl (C=O) groups is 2. The molecule has 2 saturated heterocycles. The Labute approximate surface area is 211 Å². The van der Waals surface area contributed by atoms with E-state index >= 15 is 0 Å². The van der Waals surface area contributed by atoms with Gasteiger partial charge >= 0.3 is 0 Å². The van der Waals surface area contributed by atoms with E-state index in [1.165, 1.54) is 6.92 Å². The smallest absolute Gasteiger partial charge is 0.245 e. The van der Waals surface area contributed by atoms with Crippen LogP contribution in [-0.4, -0.2) is 47.6 Å². The van der Waals surface area contributed by atoms with Crippen molar-refractivity contribution in [2.75, 3.05) is 13.1 Å². The quantitative estimate of drug-likeness (QED) is 0.674. The molecule has 6 nitrogen and oxygen atoms in total. The topological polar surface area (TPSA) is 67.9 Å². The normalized spacial score (nSPS) is 27.5. The number of fused-ring (bicyclic) bond motifs is 4. The summed E-state index contributed by atoms with van der Waals surface area (Å²) in [5.74, 6) is 0.982. The maximum Gasteiger partial charge on any atom is 0.245 e. The van der Waals surface area contributed by atoms with Crippen molar-refractivity contribution in [2.45, 2.75) is 63.9 Å². The number of ether oxygens (including phenoxy) is 2. The van der Waals surface area contributed by atoms with Gasteiger partial charge in [0, 0.05) is 48.9 Å². The molecule has 2 aromatic rings.